The number of nitro benzene ring substituents is 1. The Morgan fingerprint density at radius 2 is 2.24 bits per heavy atom. The van der Waals surface area contributed by atoms with E-state index in [4.69, 9.17) is 4.84 Å². The van der Waals surface area contributed by atoms with Gasteiger partial charge in [0.05, 0.1) is 23.8 Å². The Hall–Kier alpha value is -2.15. The molecule has 90 valence electrons. The van der Waals surface area contributed by atoms with Crippen molar-refractivity contribution in [2.45, 2.75) is 0 Å². The van der Waals surface area contributed by atoms with E-state index in [1.807, 2.05) is 0 Å². The van der Waals surface area contributed by atoms with E-state index in [1.165, 1.54) is 24.1 Å². The first-order valence-electron chi connectivity index (χ1n) is 5.02. The summed E-state index contributed by atoms with van der Waals surface area (Å²) in [7, 11) is 1.51. The fourth-order valence-electron chi connectivity index (χ4n) is 1.60. The van der Waals surface area contributed by atoms with Gasteiger partial charge in [0.1, 0.15) is 0 Å². The van der Waals surface area contributed by atoms with Crippen LogP contribution in [0.15, 0.2) is 24.3 Å². The Morgan fingerprint density at radius 3 is 2.94 bits per heavy atom. The summed E-state index contributed by atoms with van der Waals surface area (Å²) in [5, 5.41) is 11.8. The first kappa shape index (κ1) is 11.3. The Morgan fingerprint density at radius 1 is 1.47 bits per heavy atom. The summed E-state index contributed by atoms with van der Waals surface area (Å²) in [4.78, 5) is 28.4. The van der Waals surface area contributed by atoms with E-state index in [-0.39, 0.29) is 11.7 Å². The lowest BCUT2D eigenvalue weighted by molar-refractivity contribution is -0.384. The zero-order valence-corrected chi connectivity index (χ0v) is 9.20. The highest BCUT2D eigenvalue weighted by Crippen LogP contribution is 2.23. The van der Waals surface area contributed by atoms with E-state index in [0.717, 1.165) is 5.06 Å². The molecule has 0 unspecified atom stereocenters. The molecule has 1 aromatic rings. The van der Waals surface area contributed by atoms with Gasteiger partial charge in [0, 0.05) is 19.2 Å². The van der Waals surface area contributed by atoms with Crippen molar-refractivity contribution in [3.63, 3.8) is 0 Å². The molecule has 0 bridgehead atoms. The second-order valence-electron chi connectivity index (χ2n) is 3.54. The van der Waals surface area contributed by atoms with Gasteiger partial charge in [-0.15, -0.1) is 0 Å². The minimum absolute atomic E-state index is 0.0376. The van der Waals surface area contributed by atoms with Gasteiger partial charge in [-0.3, -0.25) is 19.9 Å². The second kappa shape index (κ2) is 4.38. The van der Waals surface area contributed by atoms with Crippen LogP contribution in [0.4, 0.5) is 16.2 Å². The van der Waals surface area contributed by atoms with Gasteiger partial charge in [0.2, 0.25) is 0 Å². The molecule has 1 aromatic carbocycles. The lowest BCUT2D eigenvalue weighted by Crippen LogP contribution is -2.48. The monoisotopic (exact) mass is 237 g/mol. The number of hydrogen-bond donors (Lipinski definition) is 0. The van der Waals surface area contributed by atoms with Crippen molar-refractivity contribution in [2.75, 3.05) is 25.1 Å². The van der Waals surface area contributed by atoms with E-state index in [9.17, 15) is 14.9 Å². The predicted octanol–water partition coefficient (Wildman–Crippen LogP) is 1.40. The molecule has 1 heterocycles. The molecular weight excluding hydrogens is 226 g/mol. The van der Waals surface area contributed by atoms with Crippen molar-refractivity contribution < 1.29 is 14.6 Å². The quantitative estimate of drug-likeness (QED) is 0.575. The maximum absolute atomic E-state index is 11.8. The molecule has 0 aromatic heterocycles. The largest absolute Gasteiger partial charge is 0.348 e. The van der Waals surface area contributed by atoms with Gasteiger partial charge >= 0.3 is 6.03 Å². The Kier molecular flexibility index (Phi) is 2.92. The van der Waals surface area contributed by atoms with Gasteiger partial charge in [0.15, 0.2) is 0 Å². The molecule has 0 radical (unpaired) electrons. The van der Waals surface area contributed by atoms with Crippen LogP contribution in [0.5, 0.6) is 0 Å². The molecule has 2 amide bonds. The van der Waals surface area contributed by atoms with Crippen LogP contribution in [-0.2, 0) is 4.84 Å². The zero-order chi connectivity index (χ0) is 12.4. The molecule has 1 saturated heterocycles. The van der Waals surface area contributed by atoms with E-state index < -0.39 is 4.92 Å². The SMILES string of the molecule is CN1OCCN(c2cccc([N+](=O)[O-])c2)C1=O. The van der Waals surface area contributed by atoms with Crippen molar-refractivity contribution in [2.24, 2.45) is 0 Å². The first-order chi connectivity index (χ1) is 8.09. The third-order valence-electron chi connectivity index (χ3n) is 2.45. The van der Waals surface area contributed by atoms with Gasteiger partial charge in [-0.1, -0.05) is 6.07 Å². The van der Waals surface area contributed by atoms with Gasteiger partial charge in [-0.2, -0.15) is 0 Å². The Bertz CT molecular complexity index is 463. The maximum atomic E-state index is 11.8. The van der Waals surface area contributed by atoms with Crippen LogP contribution < -0.4 is 4.90 Å². The van der Waals surface area contributed by atoms with E-state index >= 15 is 0 Å². The number of nitro groups is 1. The molecule has 0 N–H and O–H groups in total. The van der Waals surface area contributed by atoms with Crippen molar-refractivity contribution in [1.82, 2.24) is 5.06 Å². The molecular formula is C10H11N3O4. The van der Waals surface area contributed by atoms with E-state index in [0.29, 0.717) is 18.8 Å². The average molecular weight is 237 g/mol. The van der Waals surface area contributed by atoms with Crippen molar-refractivity contribution in [3.05, 3.63) is 34.4 Å². The average Bonchev–Trinajstić information content (AvgIpc) is 2.33. The summed E-state index contributed by atoms with van der Waals surface area (Å²) in [6, 6.07) is 5.63. The first-order valence-corrected chi connectivity index (χ1v) is 5.02. The van der Waals surface area contributed by atoms with Gasteiger partial charge in [-0.25, -0.2) is 9.86 Å². The topological polar surface area (TPSA) is 75.9 Å². The van der Waals surface area contributed by atoms with Crippen LogP contribution in [0, 0.1) is 10.1 Å². The smallest absolute Gasteiger partial charge is 0.290 e. The number of amides is 2. The molecule has 17 heavy (non-hydrogen) atoms. The molecule has 0 saturated carbocycles. The molecule has 0 aliphatic carbocycles. The van der Waals surface area contributed by atoms with Crippen LogP contribution in [0.1, 0.15) is 0 Å². The van der Waals surface area contributed by atoms with Crippen LogP contribution in [0.2, 0.25) is 0 Å². The number of hydrogen-bond acceptors (Lipinski definition) is 4. The summed E-state index contributed by atoms with van der Waals surface area (Å²) < 4.78 is 0. The number of urea groups is 1. The number of rotatable bonds is 2. The molecule has 1 fully saturated rings. The minimum Gasteiger partial charge on any atom is -0.290 e. The van der Waals surface area contributed by atoms with E-state index in [2.05, 4.69) is 0 Å². The molecule has 1 aliphatic heterocycles. The van der Waals surface area contributed by atoms with Crippen molar-refractivity contribution >= 4 is 17.4 Å². The molecule has 7 nitrogen and oxygen atoms in total. The summed E-state index contributed by atoms with van der Waals surface area (Å²) in [6.07, 6.45) is 0. The van der Waals surface area contributed by atoms with Crippen LogP contribution in [0.25, 0.3) is 0 Å². The van der Waals surface area contributed by atoms with Crippen molar-refractivity contribution in [1.29, 1.82) is 0 Å². The standard InChI is InChI=1S/C10H11N3O4/c1-11-10(14)12(5-6-17-11)8-3-2-4-9(7-8)13(15)16/h2-4,7H,5-6H2,1H3. The number of non-ortho nitro benzene ring substituents is 1. The Labute approximate surface area is 97.3 Å². The highest BCUT2D eigenvalue weighted by molar-refractivity contribution is 5.92. The second-order valence-corrected chi connectivity index (χ2v) is 3.54. The van der Waals surface area contributed by atoms with Crippen LogP contribution in [-0.4, -0.2) is 36.2 Å². The zero-order valence-electron chi connectivity index (χ0n) is 9.20. The highest BCUT2D eigenvalue weighted by atomic mass is 16.7. The lowest BCUT2D eigenvalue weighted by Gasteiger charge is -2.32. The molecule has 2 rings (SSSR count). The fraction of sp³-hybridized carbons (Fsp3) is 0.300. The highest BCUT2D eigenvalue weighted by Gasteiger charge is 2.25. The number of hydroxylamine groups is 2. The fourth-order valence-corrected chi connectivity index (χ4v) is 1.60. The minimum atomic E-state index is -0.488. The normalized spacial score (nSPS) is 16.2. The third-order valence-corrected chi connectivity index (χ3v) is 2.45. The maximum Gasteiger partial charge on any atom is 0.348 e. The van der Waals surface area contributed by atoms with Gasteiger partial charge < -0.3 is 0 Å². The number of anilines is 1. The summed E-state index contributed by atoms with van der Waals surface area (Å²) in [6.45, 7) is 0.745. The van der Waals surface area contributed by atoms with Crippen LogP contribution >= 0.6 is 0 Å². The predicted molar refractivity (Wildman–Crippen MR) is 59.6 cm³/mol. The van der Waals surface area contributed by atoms with Gasteiger partial charge in [-0.05, 0) is 6.07 Å². The summed E-state index contributed by atoms with van der Waals surface area (Å²) >= 11 is 0. The van der Waals surface area contributed by atoms with Crippen molar-refractivity contribution in [3.8, 4) is 0 Å². The lowest BCUT2D eigenvalue weighted by atomic mass is 10.2. The number of benzene rings is 1. The number of carbonyl (C=O) groups excluding carboxylic acids is 1. The van der Waals surface area contributed by atoms with E-state index in [1.54, 1.807) is 12.1 Å². The number of carbonyl (C=O) groups is 1. The third kappa shape index (κ3) is 2.18. The Balaban J connectivity index is 2.30. The summed E-state index contributed by atoms with van der Waals surface area (Å²) in [5.41, 5.74) is 0.462. The summed E-state index contributed by atoms with van der Waals surface area (Å²) in [5.74, 6) is 0. The molecule has 0 atom stereocenters. The molecule has 0 spiro atoms. The number of nitrogens with zero attached hydrogens (tertiary/aromatic N) is 3. The molecule has 1 aliphatic rings. The van der Waals surface area contributed by atoms with Gasteiger partial charge in [0.25, 0.3) is 5.69 Å². The van der Waals surface area contributed by atoms with Crippen LogP contribution in [0.3, 0.4) is 0 Å². The molecule has 7 heteroatoms.